The van der Waals surface area contributed by atoms with Gasteiger partial charge in [-0.15, -0.1) is 0 Å². The molecule has 0 unspecified atom stereocenters. The van der Waals surface area contributed by atoms with Crippen LogP contribution >= 0.6 is 11.6 Å². The van der Waals surface area contributed by atoms with E-state index in [0.29, 0.717) is 43.2 Å². The standard InChI is InChI=1S/C22H27ClF3N3O8S/c1-33-8-3-7-28-38(31,32)29-21(30)36-9-6-15-4-5-17(35-11-10-34-2)13-19(15)37-20-18(23)12-16(14-27-20)22(24,25)26/h4-5,12-14,28H,3,6-11H2,1-2H3,(H,29,30). The number of carbonyl (C=O) groups is 1. The number of pyridine rings is 1. The van der Waals surface area contributed by atoms with Crippen molar-refractivity contribution in [1.82, 2.24) is 14.4 Å². The summed E-state index contributed by atoms with van der Waals surface area (Å²) in [7, 11) is -1.16. The summed E-state index contributed by atoms with van der Waals surface area (Å²) < 4.78 is 92.3. The average Bonchev–Trinajstić information content (AvgIpc) is 2.83. The Hall–Kier alpha value is -2.85. The van der Waals surface area contributed by atoms with Crippen molar-refractivity contribution >= 4 is 27.9 Å². The van der Waals surface area contributed by atoms with E-state index in [9.17, 15) is 26.4 Å². The molecule has 1 aromatic carbocycles. The highest BCUT2D eigenvalue weighted by molar-refractivity contribution is 7.88. The highest BCUT2D eigenvalue weighted by Gasteiger charge is 2.32. The molecule has 38 heavy (non-hydrogen) atoms. The molecule has 0 aliphatic carbocycles. The van der Waals surface area contributed by atoms with Gasteiger partial charge in [0.2, 0.25) is 5.88 Å². The van der Waals surface area contributed by atoms with E-state index < -0.39 is 28.0 Å². The quantitative estimate of drug-likeness (QED) is 0.300. The third-order valence-electron chi connectivity index (χ3n) is 4.58. The van der Waals surface area contributed by atoms with Crippen LogP contribution < -0.4 is 18.9 Å². The molecule has 0 atom stereocenters. The van der Waals surface area contributed by atoms with Crippen molar-refractivity contribution in [3.8, 4) is 17.4 Å². The van der Waals surface area contributed by atoms with Gasteiger partial charge in [0, 0.05) is 46.1 Å². The molecule has 11 nitrogen and oxygen atoms in total. The molecular formula is C22H27ClF3N3O8S. The Bertz CT molecular complexity index is 1170. The molecule has 212 valence electrons. The van der Waals surface area contributed by atoms with Crippen LogP contribution in [0, 0.1) is 0 Å². The summed E-state index contributed by atoms with van der Waals surface area (Å²) in [5, 5.41) is -0.379. The summed E-state index contributed by atoms with van der Waals surface area (Å²) in [6.45, 7) is 0.639. The first-order valence-corrected chi connectivity index (χ1v) is 12.9. The average molecular weight is 586 g/mol. The summed E-state index contributed by atoms with van der Waals surface area (Å²) in [5.74, 6) is 0.179. The van der Waals surface area contributed by atoms with E-state index in [1.54, 1.807) is 16.9 Å². The molecule has 0 fully saturated rings. The lowest BCUT2D eigenvalue weighted by molar-refractivity contribution is -0.137. The highest BCUT2D eigenvalue weighted by atomic mass is 35.5. The highest BCUT2D eigenvalue weighted by Crippen LogP contribution is 2.36. The zero-order valence-corrected chi connectivity index (χ0v) is 22.0. The minimum Gasteiger partial charge on any atom is -0.491 e. The van der Waals surface area contributed by atoms with Crippen LogP contribution in [0.5, 0.6) is 17.4 Å². The van der Waals surface area contributed by atoms with Gasteiger partial charge in [-0.05, 0) is 24.1 Å². The second-order valence-electron chi connectivity index (χ2n) is 7.45. The van der Waals surface area contributed by atoms with Gasteiger partial charge in [-0.3, -0.25) is 0 Å². The Morgan fingerprint density at radius 3 is 2.47 bits per heavy atom. The molecule has 2 aromatic rings. The Kier molecular flexibility index (Phi) is 12.3. The zero-order chi connectivity index (χ0) is 28.2. The van der Waals surface area contributed by atoms with Crippen LogP contribution in [0.1, 0.15) is 17.5 Å². The number of alkyl halides is 3. The molecule has 0 saturated heterocycles. The number of hydrogen-bond acceptors (Lipinski definition) is 9. The van der Waals surface area contributed by atoms with Gasteiger partial charge < -0.3 is 23.7 Å². The number of aromatic nitrogens is 1. The third-order valence-corrected chi connectivity index (χ3v) is 5.87. The molecule has 0 radical (unpaired) electrons. The van der Waals surface area contributed by atoms with Crippen molar-refractivity contribution in [3.63, 3.8) is 0 Å². The van der Waals surface area contributed by atoms with Gasteiger partial charge in [0.05, 0.1) is 18.8 Å². The lowest BCUT2D eigenvalue weighted by Crippen LogP contribution is -2.41. The van der Waals surface area contributed by atoms with E-state index in [2.05, 4.69) is 9.71 Å². The maximum atomic E-state index is 12.9. The molecule has 0 saturated carbocycles. The first kappa shape index (κ1) is 31.4. The molecule has 0 aliphatic heterocycles. The van der Waals surface area contributed by atoms with Gasteiger partial charge in [0.1, 0.15) is 23.1 Å². The van der Waals surface area contributed by atoms with Crippen LogP contribution in [0.2, 0.25) is 5.02 Å². The van der Waals surface area contributed by atoms with Crippen LogP contribution in [0.3, 0.4) is 0 Å². The fraction of sp³-hybridized carbons (Fsp3) is 0.455. The number of ether oxygens (including phenoxy) is 5. The number of halogens is 4. The molecule has 0 bridgehead atoms. The SMILES string of the molecule is COCCCNS(=O)(=O)NC(=O)OCCc1ccc(OCCOC)cc1Oc1ncc(C(F)(F)F)cc1Cl. The second-order valence-corrected chi connectivity index (χ2v) is 9.36. The minimum absolute atomic E-state index is 0.0423. The van der Waals surface area contributed by atoms with Gasteiger partial charge in [-0.1, -0.05) is 17.7 Å². The minimum atomic E-state index is -4.64. The monoisotopic (exact) mass is 585 g/mol. The number of nitrogens with zero attached hydrogens (tertiary/aromatic N) is 1. The molecule has 2 N–H and O–H groups in total. The predicted octanol–water partition coefficient (Wildman–Crippen LogP) is 3.71. The van der Waals surface area contributed by atoms with Crippen molar-refractivity contribution in [1.29, 1.82) is 0 Å². The molecule has 1 amide bonds. The van der Waals surface area contributed by atoms with E-state index in [0.717, 1.165) is 0 Å². The Morgan fingerprint density at radius 2 is 1.82 bits per heavy atom. The van der Waals surface area contributed by atoms with Crippen LogP contribution in [0.15, 0.2) is 30.5 Å². The van der Waals surface area contributed by atoms with E-state index >= 15 is 0 Å². The Morgan fingerprint density at radius 1 is 1.08 bits per heavy atom. The van der Waals surface area contributed by atoms with Crippen molar-refractivity contribution in [2.45, 2.75) is 19.0 Å². The van der Waals surface area contributed by atoms with Crippen molar-refractivity contribution < 1.29 is 50.1 Å². The number of carbonyl (C=O) groups excluding carboxylic acids is 1. The first-order chi connectivity index (χ1) is 17.9. The normalized spacial score (nSPS) is 11.7. The van der Waals surface area contributed by atoms with E-state index in [1.165, 1.54) is 20.3 Å². The lowest BCUT2D eigenvalue weighted by atomic mass is 10.1. The summed E-state index contributed by atoms with van der Waals surface area (Å²) >= 11 is 5.96. The number of methoxy groups -OCH3 is 2. The van der Waals surface area contributed by atoms with Gasteiger partial charge in [0.15, 0.2) is 0 Å². The third kappa shape index (κ3) is 10.9. The fourth-order valence-corrected chi connectivity index (χ4v) is 3.75. The summed E-state index contributed by atoms with van der Waals surface area (Å²) in [6.07, 6.45) is -4.82. The van der Waals surface area contributed by atoms with Crippen LogP contribution in [-0.2, 0) is 37.0 Å². The largest absolute Gasteiger partial charge is 0.491 e. The number of amides is 1. The van der Waals surface area contributed by atoms with Gasteiger partial charge >= 0.3 is 22.5 Å². The van der Waals surface area contributed by atoms with E-state index in [1.807, 2.05) is 0 Å². The number of benzene rings is 1. The molecule has 16 heteroatoms. The lowest BCUT2D eigenvalue weighted by Gasteiger charge is -2.15. The maximum absolute atomic E-state index is 12.9. The van der Waals surface area contributed by atoms with Crippen LogP contribution in [0.25, 0.3) is 0 Å². The second kappa shape index (κ2) is 14.9. The van der Waals surface area contributed by atoms with Crippen LogP contribution in [0.4, 0.5) is 18.0 Å². The molecule has 0 spiro atoms. The van der Waals surface area contributed by atoms with Crippen molar-refractivity contribution in [2.24, 2.45) is 0 Å². The number of hydrogen-bond donors (Lipinski definition) is 2. The molecule has 0 aliphatic rings. The fourth-order valence-electron chi connectivity index (χ4n) is 2.78. The Balaban J connectivity index is 2.09. The van der Waals surface area contributed by atoms with E-state index in [-0.39, 0.29) is 42.8 Å². The van der Waals surface area contributed by atoms with Gasteiger partial charge in [0.25, 0.3) is 0 Å². The molecular weight excluding hydrogens is 559 g/mol. The maximum Gasteiger partial charge on any atom is 0.421 e. The van der Waals surface area contributed by atoms with E-state index in [4.69, 9.17) is 35.3 Å². The Labute approximate surface area is 222 Å². The number of rotatable bonds is 15. The molecule has 2 rings (SSSR count). The van der Waals surface area contributed by atoms with Crippen molar-refractivity contribution in [2.75, 3.05) is 47.2 Å². The first-order valence-electron chi connectivity index (χ1n) is 11.0. The topological polar surface area (TPSA) is 134 Å². The predicted molar refractivity (Wildman–Crippen MR) is 130 cm³/mol. The number of nitrogens with one attached hydrogen (secondary N) is 2. The molecule has 1 heterocycles. The smallest absolute Gasteiger partial charge is 0.421 e. The summed E-state index contributed by atoms with van der Waals surface area (Å²) in [4.78, 5) is 15.6. The van der Waals surface area contributed by atoms with Gasteiger partial charge in [-0.25, -0.2) is 14.5 Å². The van der Waals surface area contributed by atoms with Crippen molar-refractivity contribution in [3.05, 3.63) is 46.6 Å². The van der Waals surface area contributed by atoms with Crippen LogP contribution in [-0.4, -0.2) is 66.7 Å². The van der Waals surface area contributed by atoms with Gasteiger partial charge in [-0.2, -0.15) is 26.3 Å². The molecule has 1 aromatic heterocycles. The zero-order valence-electron chi connectivity index (χ0n) is 20.5. The summed E-state index contributed by atoms with van der Waals surface area (Å²) in [6, 6.07) is 5.30. The summed E-state index contributed by atoms with van der Waals surface area (Å²) in [5.41, 5.74) is -0.607.